The van der Waals surface area contributed by atoms with Gasteiger partial charge in [0.25, 0.3) is 0 Å². The second kappa shape index (κ2) is 8.04. The van der Waals surface area contributed by atoms with Gasteiger partial charge in [0, 0.05) is 36.9 Å². The molecule has 2 nitrogen and oxygen atoms in total. The summed E-state index contributed by atoms with van der Waals surface area (Å²) in [4.78, 5) is 2.53. The Morgan fingerprint density at radius 3 is 1.92 bits per heavy atom. The van der Waals surface area contributed by atoms with Crippen molar-refractivity contribution in [2.45, 2.75) is 33.4 Å². The van der Waals surface area contributed by atoms with E-state index < -0.39 is 0 Å². The molecular weight excluding hydrogens is 316 g/mol. The van der Waals surface area contributed by atoms with Crippen LogP contribution in [-0.2, 0) is 13.1 Å². The van der Waals surface area contributed by atoms with E-state index in [4.69, 9.17) is 11.6 Å². The fourth-order valence-electron chi connectivity index (χ4n) is 3.65. The van der Waals surface area contributed by atoms with Crippen LogP contribution in [0.2, 0.25) is 5.02 Å². The molecule has 1 fully saturated rings. The van der Waals surface area contributed by atoms with Crippen molar-refractivity contribution in [1.29, 1.82) is 0 Å². The highest BCUT2D eigenvalue weighted by Crippen LogP contribution is 2.26. The van der Waals surface area contributed by atoms with Crippen molar-refractivity contribution in [3.63, 3.8) is 0 Å². The van der Waals surface area contributed by atoms with Crippen LogP contribution in [0.15, 0.2) is 48.5 Å². The van der Waals surface area contributed by atoms with Crippen LogP contribution in [0.1, 0.15) is 31.4 Å². The summed E-state index contributed by atoms with van der Waals surface area (Å²) in [5.74, 6) is 1.57. The summed E-state index contributed by atoms with van der Waals surface area (Å²) in [5, 5.41) is 4.28. The second-order valence-electron chi connectivity index (χ2n) is 7.25. The number of anilines is 1. The van der Waals surface area contributed by atoms with Crippen LogP contribution >= 0.6 is 11.6 Å². The summed E-state index contributed by atoms with van der Waals surface area (Å²) in [5.41, 5.74) is 3.94. The third-order valence-electron chi connectivity index (χ3n) is 4.74. The first-order valence-electron chi connectivity index (χ1n) is 8.89. The molecule has 1 saturated heterocycles. The molecule has 0 aromatic heterocycles. The molecule has 3 rings (SSSR count). The van der Waals surface area contributed by atoms with Crippen LogP contribution in [0.3, 0.4) is 0 Å². The van der Waals surface area contributed by atoms with Gasteiger partial charge in [-0.25, -0.2) is 0 Å². The molecule has 0 bridgehead atoms. The number of benzene rings is 2. The monoisotopic (exact) mass is 342 g/mol. The van der Waals surface area contributed by atoms with Gasteiger partial charge in [-0.1, -0.05) is 49.7 Å². The van der Waals surface area contributed by atoms with Gasteiger partial charge in [-0.2, -0.15) is 0 Å². The number of halogens is 1. The molecule has 0 radical (unpaired) electrons. The summed E-state index contributed by atoms with van der Waals surface area (Å²) in [6.45, 7) is 8.82. The van der Waals surface area contributed by atoms with Gasteiger partial charge in [0.1, 0.15) is 0 Å². The molecule has 2 aromatic carbocycles. The lowest BCUT2D eigenvalue weighted by atomic mass is 9.91. The normalized spacial score (nSPS) is 21.0. The highest BCUT2D eigenvalue weighted by atomic mass is 35.5. The number of nitrogens with zero attached hydrogens (tertiary/aromatic N) is 1. The molecule has 24 heavy (non-hydrogen) atoms. The Morgan fingerprint density at radius 1 is 0.875 bits per heavy atom. The van der Waals surface area contributed by atoms with Gasteiger partial charge in [-0.3, -0.25) is 0 Å². The second-order valence-corrected chi connectivity index (χ2v) is 7.68. The predicted octanol–water partition coefficient (Wildman–Crippen LogP) is 5.11. The van der Waals surface area contributed by atoms with Crippen molar-refractivity contribution in [2.24, 2.45) is 11.8 Å². The number of hydrogen-bond acceptors (Lipinski definition) is 2. The van der Waals surface area contributed by atoms with E-state index in [1.54, 1.807) is 0 Å². The van der Waals surface area contributed by atoms with Crippen molar-refractivity contribution in [2.75, 3.05) is 18.0 Å². The van der Waals surface area contributed by atoms with Gasteiger partial charge in [-0.05, 0) is 53.6 Å². The van der Waals surface area contributed by atoms with E-state index in [2.05, 4.69) is 60.5 Å². The summed E-state index contributed by atoms with van der Waals surface area (Å²) < 4.78 is 0. The van der Waals surface area contributed by atoms with Gasteiger partial charge in [0.15, 0.2) is 0 Å². The maximum atomic E-state index is 5.91. The molecular formula is C21H27ClN2. The fourth-order valence-corrected chi connectivity index (χ4v) is 3.78. The van der Waals surface area contributed by atoms with E-state index in [1.807, 2.05) is 12.1 Å². The lowest BCUT2D eigenvalue weighted by molar-refractivity contribution is 0.357. The third-order valence-corrected chi connectivity index (χ3v) is 4.99. The van der Waals surface area contributed by atoms with Crippen LogP contribution in [-0.4, -0.2) is 13.1 Å². The molecule has 0 amide bonds. The van der Waals surface area contributed by atoms with Crippen LogP contribution in [0.4, 0.5) is 5.69 Å². The molecule has 128 valence electrons. The molecule has 2 aromatic rings. The zero-order valence-electron chi connectivity index (χ0n) is 14.6. The zero-order chi connectivity index (χ0) is 16.9. The van der Waals surface area contributed by atoms with E-state index in [1.165, 1.54) is 36.3 Å². The molecule has 2 unspecified atom stereocenters. The smallest absolute Gasteiger partial charge is 0.0406 e. The first-order valence-corrected chi connectivity index (χ1v) is 9.27. The lowest BCUT2D eigenvalue weighted by Gasteiger charge is -2.36. The Labute approximate surface area is 150 Å². The molecule has 2 atom stereocenters. The maximum absolute atomic E-state index is 5.91. The SMILES string of the molecule is CC1CC(C)CN(c2ccc(CNCc3ccc(Cl)cc3)cc2)C1. The summed E-state index contributed by atoms with van der Waals surface area (Å²) in [6.07, 6.45) is 1.35. The van der Waals surface area contributed by atoms with Gasteiger partial charge in [-0.15, -0.1) is 0 Å². The Balaban J connectivity index is 1.52. The van der Waals surface area contributed by atoms with E-state index in [0.29, 0.717) is 0 Å². The summed E-state index contributed by atoms with van der Waals surface area (Å²) in [7, 11) is 0. The Hall–Kier alpha value is -1.51. The molecule has 1 heterocycles. The van der Waals surface area contributed by atoms with E-state index in [-0.39, 0.29) is 0 Å². The quantitative estimate of drug-likeness (QED) is 0.812. The minimum absolute atomic E-state index is 0.787. The van der Waals surface area contributed by atoms with Gasteiger partial charge in [0.05, 0.1) is 0 Å². The molecule has 0 spiro atoms. The van der Waals surface area contributed by atoms with Crippen molar-refractivity contribution in [3.05, 3.63) is 64.7 Å². The Bertz CT molecular complexity index is 626. The Morgan fingerprint density at radius 2 is 1.38 bits per heavy atom. The molecule has 1 aliphatic heterocycles. The summed E-state index contributed by atoms with van der Waals surface area (Å²) >= 11 is 5.91. The summed E-state index contributed by atoms with van der Waals surface area (Å²) in [6, 6.07) is 17.0. The van der Waals surface area contributed by atoms with Crippen LogP contribution in [0, 0.1) is 11.8 Å². The number of piperidine rings is 1. The van der Waals surface area contributed by atoms with Crippen molar-refractivity contribution in [3.8, 4) is 0 Å². The Kier molecular flexibility index (Phi) is 5.80. The molecule has 3 heteroatoms. The molecule has 0 aliphatic carbocycles. The standard InChI is InChI=1S/C21H27ClN2/c1-16-11-17(2)15-24(14-16)21-9-5-19(6-10-21)13-23-12-18-3-7-20(22)8-4-18/h3-10,16-17,23H,11-15H2,1-2H3. The average Bonchev–Trinajstić information content (AvgIpc) is 2.56. The first-order chi connectivity index (χ1) is 11.6. The van der Waals surface area contributed by atoms with Crippen LogP contribution in [0.5, 0.6) is 0 Å². The van der Waals surface area contributed by atoms with Crippen LogP contribution in [0.25, 0.3) is 0 Å². The third kappa shape index (κ3) is 4.75. The average molecular weight is 343 g/mol. The molecule has 1 aliphatic rings. The minimum Gasteiger partial charge on any atom is -0.371 e. The van der Waals surface area contributed by atoms with Crippen molar-refractivity contribution >= 4 is 17.3 Å². The maximum Gasteiger partial charge on any atom is 0.0406 e. The largest absolute Gasteiger partial charge is 0.371 e. The minimum atomic E-state index is 0.787. The van der Waals surface area contributed by atoms with Gasteiger partial charge >= 0.3 is 0 Å². The van der Waals surface area contributed by atoms with Crippen molar-refractivity contribution < 1.29 is 0 Å². The van der Waals surface area contributed by atoms with Gasteiger partial charge in [0.2, 0.25) is 0 Å². The molecule has 0 saturated carbocycles. The van der Waals surface area contributed by atoms with E-state index in [0.717, 1.165) is 29.9 Å². The molecule has 1 N–H and O–H groups in total. The van der Waals surface area contributed by atoms with E-state index >= 15 is 0 Å². The highest BCUT2D eigenvalue weighted by Gasteiger charge is 2.21. The number of nitrogens with one attached hydrogen (secondary N) is 1. The highest BCUT2D eigenvalue weighted by molar-refractivity contribution is 6.30. The lowest BCUT2D eigenvalue weighted by Crippen LogP contribution is -2.38. The first kappa shape index (κ1) is 17.3. The zero-order valence-corrected chi connectivity index (χ0v) is 15.4. The topological polar surface area (TPSA) is 15.3 Å². The fraction of sp³-hybridized carbons (Fsp3) is 0.429. The number of hydrogen-bond donors (Lipinski definition) is 1. The van der Waals surface area contributed by atoms with Crippen molar-refractivity contribution in [1.82, 2.24) is 5.32 Å². The van der Waals surface area contributed by atoms with E-state index in [9.17, 15) is 0 Å². The van der Waals surface area contributed by atoms with Crippen LogP contribution < -0.4 is 10.2 Å². The van der Waals surface area contributed by atoms with Gasteiger partial charge < -0.3 is 10.2 Å². The predicted molar refractivity (Wildman–Crippen MR) is 104 cm³/mol. The number of rotatable bonds is 5.